The third-order valence-electron chi connectivity index (χ3n) is 14.2. The van der Waals surface area contributed by atoms with Gasteiger partial charge in [0.15, 0.2) is 6.10 Å². The van der Waals surface area contributed by atoms with Crippen molar-refractivity contribution in [3.8, 4) is 0 Å². The van der Waals surface area contributed by atoms with E-state index in [1.807, 2.05) is 0 Å². The molecule has 9 nitrogen and oxygen atoms in total. The third-order valence-corrected chi connectivity index (χ3v) is 15.2. The van der Waals surface area contributed by atoms with E-state index in [-0.39, 0.29) is 38.6 Å². The van der Waals surface area contributed by atoms with Gasteiger partial charge >= 0.3 is 19.8 Å². The first-order valence-corrected chi connectivity index (χ1v) is 35.8. The second-order valence-corrected chi connectivity index (χ2v) is 23.7. The molecule has 0 aromatic rings. The molecule has 0 aliphatic carbocycles. The molecule has 0 bridgehead atoms. The first-order chi connectivity index (χ1) is 41.8. The molecule has 0 amide bonds. The van der Waals surface area contributed by atoms with Crippen LogP contribution in [0, 0.1) is 0 Å². The molecular weight excluding hydrogens is 1070 g/mol. The van der Waals surface area contributed by atoms with Gasteiger partial charge in [-0.25, -0.2) is 4.57 Å². The normalized spacial score (nSPS) is 13.9. The van der Waals surface area contributed by atoms with Gasteiger partial charge in [-0.2, -0.15) is 0 Å². The van der Waals surface area contributed by atoms with Gasteiger partial charge in [0.1, 0.15) is 6.61 Å². The third kappa shape index (κ3) is 68.9. The first kappa shape index (κ1) is 80.9. The standard InChI is InChI=1S/C75H126NO8P/c1-3-5-7-9-11-13-15-17-19-21-23-25-27-29-31-33-35-36-38-40-42-44-46-48-50-52-54-56-58-60-62-64-66-68-75(78)84-73(72-83-85(79,80)82-70-69-76)71-81-74(77)67-65-63-61-59-57-55-53-51-49-47-45-43-41-39-37-34-32-30-28-26-24-22-20-18-16-14-12-10-8-6-4-2/h5-8,11-14,17-20,23-26,29,31,35-36,40,42,46,48,73H,3-4,9-10,15-16,21-22,27-28,30,32-34,37-39,41,43-45,47,49-72,76H2,1-2H3,(H,79,80)/b7-5-,8-6-,13-11-,14-12-,19-17-,20-18-,25-23-,26-24-,31-29-,36-35-,42-40-,48-46-. The van der Waals surface area contributed by atoms with E-state index in [9.17, 15) is 19.0 Å². The number of ether oxygens (including phenoxy) is 2. The Bertz CT molecular complexity index is 1900. The number of esters is 2. The molecule has 0 radical (unpaired) electrons. The second-order valence-electron chi connectivity index (χ2n) is 22.3. The Kier molecular flexibility index (Phi) is 65.7. The Morgan fingerprint density at radius 1 is 0.353 bits per heavy atom. The van der Waals surface area contributed by atoms with Gasteiger partial charge in [0, 0.05) is 19.4 Å². The minimum absolute atomic E-state index is 0.0460. The predicted octanol–water partition coefficient (Wildman–Crippen LogP) is 22.6. The Hall–Kier alpha value is -4.11. The SMILES string of the molecule is CC/C=C\C/C=C\C/C=C\C/C=C\C/C=C\C/C=C\C/C=C\C/C=C\CCCCCCCCCCC(=O)OC(COC(=O)CCCCCCCCCCCCCCCCCCCC/C=C\C/C=C\C/C=C\C/C=C\CC)COP(=O)(O)OCCN. The van der Waals surface area contributed by atoms with E-state index in [4.69, 9.17) is 24.3 Å². The minimum atomic E-state index is -4.40. The highest BCUT2D eigenvalue weighted by Gasteiger charge is 2.26. The Labute approximate surface area is 522 Å². The predicted molar refractivity (Wildman–Crippen MR) is 367 cm³/mol. The van der Waals surface area contributed by atoms with Gasteiger partial charge in [-0.3, -0.25) is 18.6 Å². The lowest BCUT2D eigenvalue weighted by Gasteiger charge is -2.19. The first-order valence-electron chi connectivity index (χ1n) is 34.3. The van der Waals surface area contributed by atoms with Crippen LogP contribution in [0.2, 0.25) is 0 Å². The molecule has 0 saturated heterocycles. The largest absolute Gasteiger partial charge is 0.472 e. The summed E-state index contributed by atoms with van der Waals surface area (Å²) in [5.41, 5.74) is 5.40. The van der Waals surface area contributed by atoms with Gasteiger partial charge in [-0.1, -0.05) is 301 Å². The fraction of sp³-hybridized carbons (Fsp3) is 0.653. The summed E-state index contributed by atoms with van der Waals surface area (Å²) >= 11 is 0. The zero-order valence-corrected chi connectivity index (χ0v) is 55.2. The van der Waals surface area contributed by atoms with Crippen molar-refractivity contribution in [2.45, 2.75) is 290 Å². The molecule has 85 heavy (non-hydrogen) atoms. The highest BCUT2D eigenvalue weighted by Crippen LogP contribution is 2.43. The molecule has 0 aromatic carbocycles. The van der Waals surface area contributed by atoms with E-state index >= 15 is 0 Å². The topological polar surface area (TPSA) is 134 Å². The summed E-state index contributed by atoms with van der Waals surface area (Å²) in [5, 5.41) is 0. The summed E-state index contributed by atoms with van der Waals surface area (Å²) in [4.78, 5) is 35.4. The maximum atomic E-state index is 12.8. The average molecular weight is 1200 g/mol. The molecule has 0 aliphatic rings. The lowest BCUT2D eigenvalue weighted by Crippen LogP contribution is -2.29. The van der Waals surface area contributed by atoms with Crippen LogP contribution in [0.5, 0.6) is 0 Å². The number of carbonyl (C=O) groups excluding carboxylic acids is 2. The number of hydrogen-bond donors (Lipinski definition) is 2. The van der Waals surface area contributed by atoms with Crippen molar-refractivity contribution < 1.29 is 37.6 Å². The summed E-state index contributed by atoms with van der Waals surface area (Å²) in [7, 11) is -4.40. The van der Waals surface area contributed by atoms with Crippen molar-refractivity contribution in [2.75, 3.05) is 26.4 Å². The summed E-state index contributed by atoms with van der Waals surface area (Å²) in [6.07, 6.45) is 99.3. The number of hydrogen-bond acceptors (Lipinski definition) is 8. The number of allylic oxidation sites excluding steroid dienone is 24. The summed E-state index contributed by atoms with van der Waals surface area (Å²) in [6, 6.07) is 0. The van der Waals surface area contributed by atoms with Crippen LogP contribution in [0.1, 0.15) is 284 Å². The van der Waals surface area contributed by atoms with Gasteiger partial charge in [-0.05, 0) is 116 Å². The molecular formula is C75H126NO8P. The fourth-order valence-electron chi connectivity index (χ4n) is 9.23. The van der Waals surface area contributed by atoms with Crippen molar-refractivity contribution >= 4 is 19.8 Å². The molecule has 0 aromatic heterocycles. The Balaban J connectivity index is 3.95. The summed E-state index contributed by atoms with van der Waals surface area (Å²) in [6.45, 7) is 3.52. The Morgan fingerprint density at radius 3 is 0.906 bits per heavy atom. The van der Waals surface area contributed by atoms with Gasteiger partial charge in [0.2, 0.25) is 0 Å². The van der Waals surface area contributed by atoms with Crippen LogP contribution in [-0.4, -0.2) is 49.3 Å². The lowest BCUT2D eigenvalue weighted by atomic mass is 10.0. The van der Waals surface area contributed by atoms with Crippen LogP contribution in [0.4, 0.5) is 0 Å². The monoisotopic (exact) mass is 1200 g/mol. The molecule has 0 saturated carbocycles. The van der Waals surface area contributed by atoms with Crippen LogP contribution in [-0.2, 0) is 32.7 Å². The van der Waals surface area contributed by atoms with Gasteiger partial charge in [-0.15, -0.1) is 0 Å². The maximum Gasteiger partial charge on any atom is 0.472 e. The van der Waals surface area contributed by atoms with E-state index in [2.05, 4.69) is 160 Å². The van der Waals surface area contributed by atoms with Gasteiger partial charge < -0.3 is 20.1 Å². The summed E-state index contributed by atoms with van der Waals surface area (Å²) < 4.78 is 33.2. The highest BCUT2D eigenvalue weighted by molar-refractivity contribution is 7.47. The van der Waals surface area contributed by atoms with Gasteiger partial charge in [0.25, 0.3) is 0 Å². The fourth-order valence-corrected chi connectivity index (χ4v) is 10.00. The number of rotatable bonds is 63. The van der Waals surface area contributed by atoms with E-state index in [1.165, 1.54) is 128 Å². The van der Waals surface area contributed by atoms with Crippen molar-refractivity contribution in [1.82, 2.24) is 0 Å². The molecule has 3 N–H and O–H groups in total. The second kappa shape index (κ2) is 69.0. The molecule has 0 aliphatic heterocycles. The zero-order chi connectivity index (χ0) is 61.6. The lowest BCUT2D eigenvalue weighted by molar-refractivity contribution is -0.161. The van der Waals surface area contributed by atoms with Crippen molar-refractivity contribution in [3.63, 3.8) is 0 Å². The zero-order valence-electron chi connectivity index (χ0n) is 54.3. The van der Waals surface area contributed by atoms with Crippen LogP contribution in [0.25, 0.3) is 0 Å². The van der Waals surface area contributed by atoms with Crippen LogP contribution in [0.15, 0.2) is 146 Å². The molecule has 10 heteroatoms. The summed E-state index contributed by atoms with van der Waals surface area (Å²) in [5.74, 6) is -0.838. The quantitative estimate of drug-likeness (QED) is 0.0264. The van der Waals surface area contributed by atoms with E-state index in [0.717, 1.165) is 122 Å². The molecule has 484 valence electrons. The molecule has 0 fully saturated rings. The van der Waals surface area contributed by atoms with Crippen molar-refractivity contribution in [1.29, 1.82) is 0 Å². The van der Waals surface area contributed by atoms with E-state index in [1.54, 1.807) is 0 Å². The molecule has 0 heterocycles. The minimum Gasteiger partial charge on any atom is -0.462 e. The number of carbonyl (C=O) groups is 2. The molecule has 0 rings (SSSR count). The van der Waals surface area contributed by atoms with Crippen molar-refractivity contribution in [2.24, 2.45) is 5.73 Å². The number of nitrogens with two attached hydrogens (primary N) is 1. The number of phosphoric ester groups is 1. The van der Waals surface area contributed by atoms with E-state index in [0.29, 0.717) is 6.42 Å². The molecule has 2 unspecified atom stereocenters. The van der Waals surface area contributed by atoms with Crippen LogP contribution in [0.3, 0.4) is 0 Å². The average Bonchev–Trinajstić information content (AvgIpc) is 3.52. The number of unbranched alkanes of at least 4 members (excludes halogenated alkanes) is 26. The molecule has 2 atom stereocenters. The van der Waals surface area contributed by atoms with Crippen LogP contribution < -0.4 is 5.73 Å². The number of phosphoric acid groups is 1. The van der Waals surface area contributed by atoms with E-state index < -0.39 is 26.5 Å². The molecule has 0 spiro atoms. The Morgan fingerprint density at radius 2 is 0.612 bits per heavy atom. The van der Waals surface area contributed by atoms with Gasteiger partial charge in [0.05, 0.1) is 13.2 Å². The maximum absolute atomic E-state index is 12.8. The van der Waals surface area contributed by atoms with Crippen molar-refractivity contribution in [3.05, 3.63) is 146 Å². The smallest absolute Gasteiger partial charge is 0.462 e. The highest BCUT2D eigenvalue weighted by atomic mass is 31.2. The van der Waals surface area contributed by atoms with Crippen LogP contribution >= 0.6 is 7.82 Å².